The summed E-state index contributed by atoms with van der Waals surface area (Å²) in [5.41, 5.74) is 5.33. The van der Waals surface area contributed by atoms with Gasteiger partial charge < -0.3 is 10.5 Å². The number of fused-ring (bicyclic) bond motifs is 2. The van der Waals surface area contributed by atoms with Crippen LogP contribution in [-0.4, -0.2) is 18.0 Å². The van der Waals surface area contributed by atoms with E-state index in [0.29, 0.717) is 24.0 Å². The van der Waals surface area contributed by atoms with Gasteiger partial charge in [0.1, 0.15) is 0 Å². The van der Waals surface area contributed by atoms with Gasteiger partial charge in [0.25, 0.3) is 0 Å². The van der Waals surface area contributed by atoms with Crippen LogP contribution < -0.4 is 5.73 Å². The Morgan fingerprint density at radius 3 is 2.82 bits per heavy atom. The maximum atomic E-state index is 7.16. The van der Waals surface area contributed by atoms with Crippen molar-refractivity contribution >= 4 is 5.84 Å². The van der Waals surface area contributed by atoms with Crippen LogP contribution in [0.15, 0.2) is 0 Å². The monoisotopic (exact) mass is 154 g/mol. The summed E-state index contributed by atoms with van der Waals surface area (Å²) in [5, 5.41) is 7.16. The Hall–Kier alpha value is -0.570. The zero-order chi connectivity index (χ0) is 7.84. The van der Waals surface area contributed by atoms with Gasteiger partial charge in [0.05, 0.1) is 18.0 Å². The van der Waals surface area contributed by atoms with Crippen LogP contribution >= 0.6 is 0 Å². The molecule has 3 unspecified atom stereocenters. The lowest BCUT2D eigenvalue weighted by Gasteiger charge is -2.16. The highest BCUT2D eigenvalue weighted by Crippen LogP contribution is 2.40. The molecular formula is C8H14N2O. The van der Waals surface area contributed by atoms with Gasteiger partial charge >= 0.3 is 0 Å². The molecule has 0 radical (unpaired) electrons. The molecule has 2 aliphatic rings. The number of nitrogens with one attached hydrogen (secondary N) is 1. The lowest BCUT2D eigenvalue weighted by molar-refractivity contribution is 0.0934. The summed E-state index contributed by atoms with van der Waals surface area (Å²) in [6.07, 6.45) is 5.18. The first kappa shape index (κ1) is 7.10. The summed E-state index contributed by atoms with van der Waals surface area (Å²) >= 11 is 0. The van der Waals surface area contributed by atoms with E-state index in [1.54, 1.807) is 0 Å². The lowest BCUT2D eigenvalue weighted by atomic mass is 9.87. The van der Waals surface area contributed by atoms with Gasteiger partial charge in [0.15, 0.2) is 0 Å². The topological polar surface area (TPSA) is 59.1 Å². The van der Waals surface area contributed by atoms with E-state index in [2.05, 4.69) is 0 Å². The fourth-order valence-electron chi connectivity index (χ4n) is 2.24. The van der Waals surface area contributed by atoms with Gasteiger partial charge in [-0.05, 0) is 25.2 Å². The predicted octanol–water partition coefficient (Wildman–Crippen LogP) is 0.880. The fraction of sp³-hybridized carbons (Fsp3) is 0.875. The standard InChI is InChI=1S/C8H14N2O/c9-8(10)4-5-3-6-1-2-7(5)11-6/h5-7H,1-4H2,(H3,9,10). The quantitative estimate of drug-likeness (QED) is 0.458. The highest BCUT2D eigenvalue weighted by atomic mass is 16.5. The van der Waals surface area contributed by atoms with Crippen LogP contribution in [0.5, 0.6) is 0 Å². The third kappa shape index (κ3) is 1.25. The van der Waals surface area contributed by atoms with Gasteiger partial charge in [0, 0.05) is 6.42 Å². The molecule has 2 saturated heterocycles. The second-order valence-corrected chi connectivity index (χ2v) is 3.60. The number of ether oxygens (including phenoxy) is 1. The number of nitrogens with two attached hydrogens (primary N) is 1. The van der Waals surface area contributed by atoms with Crippen molar-refractivity contribution in [3.8, 4) is 0 Å². The molecule has 0 aromatic heterocycles. The molecule has 3 atom stereocenters. The molecule has 0 amide bonds. The molecule has 2 heterocycles. The minimum Gasteiger partial charge on any atom is -0.388 e. The van der Waals surface area contributed by atoms with Gasteiger partial charge in [-0.25, -0.2) is 0 Å². The molecule has 3 nitrogen and oxygen atoms in total. The van der Waals surface area contributed by atoms with Crippen LogP contribution in [0, 0.1) is 11.3 Å². The molecule has 2 rings (SSSR count). The molecule has 2 aliphatic heterocycles. The third-order valence-electron chi connectivity index (χ3n) is 2.71. The van der Waals surface area contributed by atoms with Gasteiger partial charge in [0.2, 0.25) is 0 Å². The predicted molar refractivity (Wildman–Crippen MR) is 42.5 cm³/mol. The van der Waals surface area contributed by atoms with Crippen molar-refractivity contribution in [1.82, 2.24) is 0 Å². The van der Waals surface area contributed by atoms with Crippen molar-refractivity contribution in [2.24, 2.45) is 11.7 Å². The van der Waals surface area contributed by atoms with Gasteiger partial charge in [-0.2, -0.15) is 0 Å². The first-order chi connectivity index (χ1) is 5.25. The zero-order valence-electron chi connectivity index (χ0n) is 6.55. The normalized spacial score (nSPS) is 41.3. The van der Waals surface area contributed by atoms with Crippen molar-refractivity contribution in [2.75, 3.05) is 0 Å². The van der Waals surface area contributed by atoms with Crippen LogP contribution in [0.25, 0.3) is 0 Å². The molecule has 0 aromatic rings. The number of rotatable bonds is 2. The summed E-state index contributed by atoms with van der Waals surface area (Å²) in [6.45, 7) is 0. The molecule has 62 valence electrons. The van der Waals surface area contributed by atoms with Crippen molar-refractivity contribution in [1.29, 1.82) is 5.41 Å². The van der Waals surface area contributed by atoms with Gasteiger partial charge in [-0.3, -0.25) is 5.41 Å². The van der Waals surface area contributed by atoms with E-state index >= 15 is 0 Å². The van der Waals surface area contributed by atoms with Crippen molar-refractivity contribution < 1.29 is 4.74 Å². The highest BCUT2D eigenvalue weighted by molar-refractivity contribution is 5.77. The van der Waals surface area contributed by atoms with Gasteiger partial charge in [-0.1, -0.05) is 0 Å². The molecule has 3 heteroatoms. The minimum atomic E-state index is 0.311. The van der Waals surface area contributed by atoms with Crippen LogP contribution in [0.4, 0.5) is 0 Å². The summed E-state index contributed by atoms with van der Waals surface area (Å²) < 4.78 is 5.63. The van der Waals surface area contributed by atoms with Gasteiger partial charge in [-0.15, -0.1) is 0 Å². The van der Waals surface area contributed by atoms with Crippen molar-refractivity contribution in [2.45, 2.75) is 37.9 Å². The average molecular weight is 154 g/mol. The lowest BCUT2D eigenvalue weighted by Crippen LogP contribution is -2.23. The van der Waals surface area contributed by atoms with E-state index in [4.69, 9.17) is 15.9 Å². The summed E-state index contributed by atoms with van der Waals surface area (Å²) in [6, 6.07) is 0. The smallest absolute Gasteiger partial charge is 0.0909 e. The highest BCUT2D eigenvalue weighted by Gasteiger charge is 2.40. The number of hydrogen-bond acceptors (Lipinski definition) is 2. The molecule has 2 bridgehead atoms. The number of hydrogen-bond donors (Lipinski definition) is 2. The Labute approximate surface area is 66.4 Å². The molecule has 11 heavy (non-hydrogen) atoms. The van der Waals surface area contributed by atoms with E-state index in [-0.39, 0.29) is 0 Å². The Bertz CT molecular complexity index is 181. The van der Waals surface area contributed by atoms with Crippen LogP contribution in [0.3, 0.4) is 0 Å². The van der Waals surface area contributed by atoms with Crippen LogP contribution in [0.1, 0.15) is 25.7 Å². The van der Waals surface area contributed by atoms with E-state index in [0.717, 1.165) is 12.8 Å². The molecule has 0 aromatic carbocycles. The Morgan fingerprint density at radius 1 is 1.55 bits per heavy atom. The Morgan fingerprint density at radius 2 is 2.36 bits per heavy atom. The van der Waals surface area contributed by atoms with E-state index in [1.807, 2.05) is 0 Å². The van der Waals surface area contributed by atoms with Crippen molar-refractivity contribution in [3.63, 3.8) is 0 Å². The average Bonchev–Trinajstić information content (AvgIpc) is 2.45. The molecule has 3 N–H and O–H groups in total. The van der Waals surface area contributed by atoms with Crippen LogP contribution in [-0.2, 0) is 4.74 Å². The maximum Gasteiger partial charge on any atom is 0.0909 e. The van der Waals surface area contributed by atoms with Crippen molar-refractivity contribution in [3.05, 3.63) is 0 Å². The molecule has 0 spiro atoms. The molecule has 0 saturated carbocycles. The minimum absolute atomic E-state index is 0.311. The summed E-state index contributed by atoms with van der Waals surface area (Å²) in [7, 11) is 0. The number of amidine groups is 1. The van der Waals surface area contributed by atoms with E-state index in [1.165, 1.54) is 12.8 Å². The Balaban J connectivity index is 1.92. The molecule has 0 aliphatic carbocycles. The van der Waals surface area contributed by atoms with E-state index < -0.39 is 0 Å². The first-order valence-corrected chi connectivity index (χ1v) is 4.24. The zero-order valence-corrected chi connectivity index (χ0v) is 6.55. The fourth-order valence-corrected chi connectivity index (χ4v) is 2.24. The maximum absolute atomic E-state index is 7.16. The van der Waals surface area contributed by atoms with Crippen LogP contribution in [0.2, 0.25) is 0 Å². The Kier molecular flexibility index (Phi) is 1.60. The molecular weight excluding hydrogens is 140 g/mol. The summed E-state index contributed by atoms with van der Waals surface area (Å²) in [4.78, 5) is 0. The largest absolute Gasteiger partial charge is 0.388 e. The second kappa shape index (κ2) is 2.48. The van der Waals surface area contributed by atoms with E-state index in [9.17, 15) is 0 Å². The third-order valence-corrected chi connectivity index (χ3v) is 2.71. The molecule has 2 fully saturated rings. The summed E-state index contributed by atoms with van der Waals surface area (Å²) in [5.74, 6) is 0.859. The first-order valence-electron chi connectivity index (χ1n) is 4.24. The second-order valence-electron chi connectivity index (χ2n) is 3.60. The SMILES string of the molecule is N=C(N)CC1CC2CCC1O2.